The Morgan fingerprint density at radius 1 is 1.11 bits per heavy atom. The van der Waals surface area contributed by atoms with Crippen molar-refractivity contribution in [2.75, 3.05) is 13.6 Å². The fraction of sp³-hybridized carbons (Fsp3) is 0.250. The number of hydrogen-bond acceptors (Lipinski definition) is 2. The summed E-state index contributed by atoms with van der Waals surface area (Å²) in [6.07, 6.45) is 0.894. The number of benzene rings is 2. The van der Waals surface area contributed by atoms with Gasteiger partial charge in [0.15, 0.2) is 0 Å². The van der Waals surface area contributed by atoms with Gasteiger partial charge in [-0.1, -0.05) is 41.9 Å². The Morgan fingerprint density at radius 3 is 2.42 bits per heavy atom. The van der Waals surface area contributed by atoms with Gasteiger partial charge in [-0.25, -0.2) is 0 Å². The molecular weight excluding hydrogens is 258 g/mol. The summed E-state index contributed by atoms with van der Waals surface area (Å²) < 4.78 is 0. The molecule has 0 aliphatic heterocycles. The van der Waals surface area contributed by atoms with Crippen molar-refractivity contribution in [1.82, 2.24) is 5.32 Å². The average Bonchev–Trinajstić information content (AvgIpc) is 2.41. The van der Waals surface area contributed by atoms with Crippen molar-refractivity contribution in [3.05, 3.63) is 64.7 Å². The van der Waals surface area contributed by atoms with Crippen molar-refractivity contribution in [3.8, 4) is 5.75 Å². The van der Waals surface area contributed by atoms with Crippen molar-refractivity contribution in [2.45, 2.75) is 12.3 Å². The van der Waals surface area contributed by atoms with E-state index >= 15 is 0 Å². The van der Waals surface area contributed by atoms with Crippen LogP contribution < -0.4 is 5.32 Å². The first kappa shape index (κ1) is 13.9. The van der Waals surface area contributed by atoms with Gasteiger partial charge in [0.1, 0.15) is 5.75 Å². The highest BCUT2D eigenvalue weighted by Crippen LogP contribution is 2.27. The van der Waals surface area contributed by atoms with E-state index in [-0.39, 0.29) is 0 Å². The Morgan fingerprint density at radius 2 is 1.79 bits per heavy atom. The number of likely N-dealkylation sites (N-methyl/N-ethyl adjacent to an activating group) is 1. The molecule has 0 heterocycles. The van der Waals surface area contributed by atoms with Gasteiger partial charge in [-0.05, 0) is 42.8 Å². The summed E-state index contributed by atoms with van der Waals surface area (Å²) in [5, 5.41) is 13.3. The van der Waals surface area contributed by atoms with Gasteiger partial charge in [-0.3, -0.25) is 0 Å². The van der Waals surface area contributed by atoms with Crippen LogP contribution in [-0.4, -0.2) is 18.7 Å². The zero-order valence-electron chi connectivity index (χ0n) is 10.9. The molecule has 0 spiro atoms. The molecule has 0 bridgehead atoms. The Kier molecular flexibility index (Phi) is 4.83. The lowest BCUT2D eigenvalue weighted by Crippen LogP contribution is -2.19. The molecule has 1 unspecified atom stereocenters. The van der Waals surface area contributed by atoms with E-state index in [1.807, 2.05) is 37.4 Å². The van der Waals surface area contributed by atoms with Gasteiger partial charge in [-0.2, -0.15) is 0 Å². The zero-order valence-corrected chi connectivity index (χ0v) is 11.7. The maximum Gasteiger partial charge on any atom is 0.115 e. The van der Waals surface area contributed by atoms with Crippen LogP contribution >= 0.6 is 11.6 Å². The molecule has 0 aliphatic carbocycles. The van der Waals surface area contributed by atoms with E-state index in [9.17, 15) is 5.11 Å². The zero-order chi connectivity index (χ0) is 13.7. The molecule has 19 heavy (non-hydrogen) atoms. The fourth-order valence-electron chi connectivity index (χ4n) is 2.26. The average molecular weight is 276 g/mol. The highest BCUT2D eigenvalue weighted by atomic mass is 35.5. The number of hydrogen-bond donors (Lipinski definition) is 2. The van der Waals surface area contributed by atoms with E-state index < -0.39 is 0 Å². The number of aromatic hydroxyl groups is 1. The Balaban J connectivity index is 2.21. The van der Waals surface area contributed by atoms with Crippen LogP contribution in [0, 0.1) is 0 Å². The summed E-state index contributed by atoms with van der Waals surface area (Å²) in [7, 11) is 1.95. The molecular formula is C16H18ClNO. The van der Waals surface area contributed by atoms with Crippen LogP contribution in [-0.2, 0) is 6.42 Å². The standard InChI is InChI=1S/C16H18ClNO/c1-18-11-13(15-4-2-3-5-16(15)17)10-12-6-8-14(19)9-7-12/h2-9,13,18-19H,10-11H2,1H3. The summed E-state index contributed by atoms with van der Waals surface area (Å²) >= 11 is 6.28. The molecule has 100 valence electrons. The smallest absolute Gasteiger partial charge is 0.115 e. The molecule has 0 saturated heterocycles. The molecule has 2 N–H and O–H groups in total. The van der Waals surface area contributed by atoms with E-state index in [0.29, 0.717) is 11.7 Å². The number of halogens is 1. The maximum atomic E-state index is 9.32. The lowest BCUT2D eigenvalue weighted by atomic mass is 9.92. The van der Waals surface area contributed by atoms with Crippen molar-refractivity contribution in [3.63, 3.8) is 0 Å². The minimum absolute atomic E-state index is 0.298. The second-order valence-corrected chi connectivity index (χ2v) is 5.05. The number of phenols is 1. The minimum Gasteiger partial charge on any atom is -0.508 e. The molecule has 0 aliphatic rings. The van der Waals surface area contributed by atoms with Gasteiger partial charge < -0.3 is 10.4 Å². The molecule has 3 heteroatoms. The minimum atomic E-state index is 0.298. The van der Waals surface area contributed by atoms with Crippen molar-refractivity contribution < 1.29 is 5.11 Å². The molecule has 2 rings (SSSR count). The molecule has 1 atom stereocenters. The third-order valence-electron chi connectivity index (χ3n) is 3.21. The van der Waals surface area contributed by atoms with Crippen LogP contribution in [0.15, 0.2) is 48.5 Å². The molecule has 2 aromatic rings. The van der Waals surface area contributed by atoms with Crippen LogP contribution in [0.4, 0.5) is 0 Å². The van der Waals surface area contributed by atoms with E-state index in [1.54, 1.807) is 12.1 Å². The first-order valence-electron chi connectivity index (χ1n) is 6.37. The van der Waals surface area contributed by atoms with E-state index in [0.717, 1.165) is 23.6 Å². The predicted molar refractivity (Wildman–Crippen MR) is 79.9 cm³/mol. The van der Waals surface area contributed by atoms with Crippen molar-refractivity contribution >= 4 is 11.6 Å². The number of nitrogens with one attached hydrogen (secondary N) is 1. The van der Waals surface area contributed by atoms with Gasteiger partial charge in [0, 0.05) is 17.5 Å². The quantitative estimate of drug-likeness (QED) is 0.874. The molecule has 0 radical (unpaired) electrons. The van der Waals surface area contributed by atoms with Crippen LogP contribution in [0.5, 0.6) is 5.75 Å². The lowest BCUT2D eigenvalue weighted by Gasteiger charge is -2.18. The van der Waals surface area contributed by atoms with E-state index in [4.69, 9.17) is 11.6 Å². The molecule has 2 aromatic carbocycles. The molecule has 0 amide bonds. The highest BCUT2D eigenvalue weighted by molar-refractivity contribution is 6.31. The van der Waals surface area contributed by atoms with Crippen molar-refractivity contribution in [1.29, 1.82) is 0 Å². The van der Waals surface area contributed by atoms with Gasteiger partial charge >= 0.3 is 0 Å². The molecule has 0 saturated carbocycles. The third kappa shape index (κ3) is 3.72. The predicted octanol–water partition coefficient (Wildman–Crippen LogP) is 3.59. The summed E-state index contributed by atoms with van der Waals surface area (Å²) in [4.78, 5) is 0. The summed E-state index contributed by atoms with van der Waals surface area (Å²) in [6, 6.07) is 15.3. The number of rotatable bonds is 5. The van der Waals surface area contributed by atoms with E-state index in [2.05, 4.69) is 11.4 Å². The van der Waals surface area contributed by atoms with Gasteiger partial charge in [0.2, 0.25) is 0 Å². The van der Waals surface area contributed by atoms with Crippen LogP contribution in [0.25, 0.3) is 0 Å². The van der Waals surface area contributed by atoms with Gasteiger partial charge in [-0.15, -0.1) is 0 Å². The van der Waals surface area contributed by atoms with Gasteiger partial charge in [0.05, 0.1) is 0 Å². The van der Waals surface area contributed by atoms with Crippen LogP contribution in [0.2, 0.25) is 5.02 Å². The Bertz CT molecular complexity index is 525. The Hall–Kier alpha value is -1.51. The summed E-state index contributed by atoms with van der Waals surface area (Å²) in [6.45, 7) is 0.866. The van der Waals surface area contributed by atoms with Gasteiger partial charge in [0.25, 0.3) is 0 Å². The summed E-state index contributed by atoms with van der Waals surface area (Å²) in [5.41, 5.74) is 2.35. The third-order valence-corrected chi connectivity index (χ3v) is 3.56. The number of phenolic OH excluding ortho intramolecular Hbond substituents is 1. The maximum absolute atomic E-state index is 9.32. The molecule has 2 nitrogen and oxygen atoms in total. The monoisotopic (exact) mass is 275 g/mol. The molecule has 0 aromatic heterocycles. The van der Waals surface area contributed by atoms with Crippen LogP contribution in [0.1, 0.15) is 17.0 Å². The second kappa shape index (κ2) is 6.60. The highest BCUT2D eigenvalue weighted by Gasteiger charge is 2.14. The topological polar surface area (TPSA) is 32.3 Å². The SMILES string of the molecule is CNCC(Cc1ccc(O)cc1)c1ccccc1Cl. The second-order valence-electron chi connectivity index (χ2n) is 4.65. The Labute approximate surface area is 119 Å². The lowest BCUT2D eigenvalue weighted by molar-refractivity contribution is 0.475. The molecule has 0 fully saturated rings. The fourth-order valence-corrected chi connectivity index (χ4v) is 2.55. The first-order chi connectivity index (χ1) is 9.20. The van der Waals surface area contributed by atoms with E-state index in [1.165, 1.54) is 5.56 Å². The largest absolute Gasteiger partial charge is 0.508 e. The van der Waals surface area contributed by atoms with Crippen molar-refractivity contribution in [2.24, 2.45) is 0 Å². The normalized spacial score (nSPS) is 12.3. The first-order valence-corrected chi connectivity index (χ1v) is 6.75. The van der Waals surface area contributed by atoms with Crippen LogP contribution in [0.3, 0.4) is 0 Å². The summed E-state index contributed by atoms with van der Waals surface area (Å²) in [5.74, 6) is 0.620.